The van der Waals surface area contributed by atoms with Gasteiger partial charge in [0.1, 0.15) is 12.4 Å². The summed E-state index contributed by atoms with van der Waals surface area (Å²) >= 11 is 15.6. The zero-order chi connectivity index (χ0) is 16.0. The van der Waals surface area contributed by atoms with Crippen LogP contribution in [0.1, 0.15) is 23.7 Å². The van der Waals surface area contributed by atoms with Crippen LogP contribution >= 0.6 is 39.1 Å². The number of ether oxygens (including phenoxy) is 2. The molecule has 0 heterocycles. The number of hydrogen-bond acceptors (Lipinski definition) is 2. The highest BCUT2D eigenvalue weighted by Crippen LogP contribution is 2.38. The van der Waals surface area contributed by atoms with Crippen molar-refractivity contribution in [2.75, 3.05) is 19.8 Å². The first-order chi connectivity index (χ1) is 9.74. The number of hydrogen-bond donors (Lipinski definition) is 0. The number of rotatable bonds is 7. The highest BCUT2D eigenvalue weighted by atomic mass is 79.9. The van der Waals surface area contributed by atoms with Crippen molar-refractivity contribution in [3.05, 3.63) is 27.7 Å². The van der Waals surface area contributed by atoms with Crippen LogP contribution < -0.4 is 4.74 Å². The van der Waals surface area contributed by atoms with Crippen LogP contribution in [0.25, 0.3) is 0 Å². The molecule has 0 spiro atoms. The van der Waals surface area contributed by atoms with Gasteiger partial charge in [-0.05, 0) is 25.0 Å². The summed E-state index contributed by atoms with van der Waals surface area (Å²) in [6.45, 7) is 0.975. The molecule has 0 aliphatic carbocycles. The Kier molecular flexibility index (Phi) is 7.60. The Labute approximate surface area is 139 Å². The molecule has 0 aliphatic rings. The van der Waals surface area contributed by atoms with Gasteiger partial charge < -0.3 is 9.47 Å². The molecule has 1 unspecified atom stereocenters. The second kappa shape index (κ2) is 8.46. The monoisotopic (exact) mass is 408 g/mol. The molecule has 21 heavy (non-hydrogen) atoms. The van der Waals surface area contributed by atoms with Gasteiger partial charge in [0.25, 0.3) is 0 Å². The highest BCUT2D eigenvalue weighted by Gasteiger charge is 2.27. The van der Waals surface area contributed by atoms with E-state index >= 15 is 0 Å². The van der Waals surface area contributed by atoms with E-state index in [0.29, 0.717) is 34.4 Å². The molecule has 0 N–H and O–H groups in total. The Balaban J connectivity index is 2.62. The normalized spacial score (nSPS) is 13.3. The summed E-state index contributed by atoms with van der Waals surface area (Å²) in [5.74, 6) is 0.473. The van der Waals surface area contributed by atoms with Crippen LogP contribution in [0.5, 0.6) is 5.75 Å². The summed E-state index contributed by atoms with van der Waals surface area (Å²) in [4.78, 5) is -0.258. The molecule has 0 aliphatic heterocycles. The Bertz CT molecular complexity index is 469. The average molecular weight is 410 g/mol. The van der Waals surface area contributed by atoms with E-state index in [1.165, 1.54) is 0 Å². The molecule has 1 rings (SSSR count). The third kappa shape index (κ3) is 6.63. The van der Waals surface area contributed by atoms with Crippen LogP contribution in [0.3, 0.4) is 0 Å². The van der Waals surface area contributed by atoms with Gasteiger partial charge in [-0.2, -0.15) is 13.2 Å². The van der Waals surface area contributed by atoms with Crippen LogP contribution in [-0.2, 0) is 4.74 Å². The third-order valence-electron chi connectivity index (χ3n) is 2.47. The minimum atomic E-state index is -4.32. The van der Waals surface area contributed by atoms with Crippen molar-refractivity contribution in [2.24, 2.45) is 0 Å². The molecule has 1 atom stereocenters. The lowest BCUT2D eigenvalue weighted by atomic mass is 10.1. The van der Waals surface area contributed by atoms with Crippen molar-refractivity contribution < 1.29 is 22.6 Å². The average Bonchev–Trinajstić information content (AvgIpc) is 2.37. The molecule has 1 aromatic rings. The largest absolute Gasteiger partial charge is 0.492 e. The molecule has 1 aromatic carbocycles. The van der Waals surface area contributed by atoms with Crippen molar-refractivity contribution in [3.63, 3.8) is 0 Å². The Morgan fingerprint density at radius 3 is 2.48 bits per heavy atom. The van der Waals surface area contributed by atoms with Gasteiger partial charge in [0.05, 0.1) is 11.6 Å². The summed E-state index contributed by atoms with van der Waals surface area (Å²) in [7, 11) is 0. The molecule has 0 amide bonds. The summed E-state index contributed by atoms with van der Waals surface area (Å²) in [5.41, 5.74) is 0.681. The lowest BCUT2D eigenvalue weighted by Crippen LogP contribution is -2.17. The number of alkyl halides is 4. The van der Waals surface area contributed by atoms with E-state index in [-0.39, 0.29) is 11.4 Å². The summed E-state index contributed by atoms with van der Waals surface area (Å²) < 4.78 is 45.7. The van der Waals surface area contributed by atoms with Crippen LogP contribution in [0.2, 0.25) is 10.0 Å². The zero-order valence-corrected chi connectivity index (χ0v) is 14.2. The standard InChI is InChI=1S/C13H14BrCl2F3O2/c1-2-21-12-6-10(15)8(5-11(12)16)9(14)3-4-20-7-13(17,18)19/h5-6,9H,2-4,7H2,1H3. The van der Waals surface area contributed by atoms with Gasteiger partial charge in [0, 0.05) is 22.5 Å². The van der Waals surface area contributed by atoms with Crippen molar-refractivity contribution in [3.8, 4) is 5.75 Å². The molecule has 0 radical (unpaired) electrons. The lowest BCUT2D eigenvalue weighted by Gasteiger charge is -2.15. The first kappa shape index (κ1) is 18.9. The fourth-order valence-electron chi connectivity index (χ4n) is 1.58. The Morgan fingerprint density at radius 1 is 1.24 bits per heavy atom. The van der Waals surface area contributed by atoms with Crippen molar-refractivity contribution in [2.45, 2.75) is 24.3 Å². The van der Waals surface area contributed by atoms with Crippen molar-refractivity contribution in [1.29, 1.82) is 0 Å². The molecule has 120 valence electrons. The van der Waals surface area contributed by atoms with Gasteiger partial charge in [0.15, 0.2) is 0 Å². The van der Waals surface area contributed by atoms with E-state index in [9.17, 15) is 13.2 Å². The van der Waals surface area contributed by atoms with Gasteiger partial charge in [-0.25, -0.2) is 0 Å². The lowest BCUT2D eigenvalue weighted by molar-refractivity contribution is -0.174. The fourth-order valence-corrected chi connectivity index (χ4v) is 2.79. The molecule has 0 aromatic heterocycles. The van der Waals surface area contributed by atoms with Gasteiger partial charge in [-0.15, -0.1) is 0 Å². The van der Waals surface area contributed by atoms with Crippen LogP contribution in [0.15, 0.2) is 12.1 Å². The van der Waals surface area contributed by atoms with Gasteiger partial charge in [0.2, 0.25) is 0 Å². The molecular formula is C13H14BrCl2F3O2. The van der Waals surface area contributed by atoms with Crippen molar-refractivity contribution >= 4 is 39.1 Å². The maximum Gasteiger partial charge on any atom is 0.411 e. The van der Waals surface area contributed by atoms with Crippen molar-refractivity contribution in [1.82, 2.24) is 0 Å². The van der Waals surface area contributed by atoms with Crippen LogP contribution in [-0.4, -0.2) is 26.0 Å². The van der Waals surface area contributed by atoms with E-state index in [0.717, 1.165) is 0 Å². The maximum atomic E-state index is 11.9. The topological polar surface area (TPSA) is 18.5 Å². The first-order valence-corrected chi connectivity index (χ1v) is 7.82. The SMILES string of the molecule is CCOc1cc(Cl)c(C(Br)CCOCC(F)(F)F)cc1Cl. The third-order valence-corrected chi connectivity index (χ3v) is 4.04. The molecule has 2 nitrogen and oxygen atoms in total. The van der Waals surface area contributed by atoms with E-state index in [1.54, 1.807) is 12.1 Å². The quantitative estimate of drug-likeness (QED) is 0.418. The second-order valence-electron chi connectivity index (χ2n) is 4.16. The van der Waals surface area contributed by atoms with E-state index in [2.05, 4.69) is 20.7 Å². The van der Waals surface area contributed by atoms with Gasteiger partial charge in [-0.1, -0.05) is 39.1 Å². The highest BCUT2D eigenvalue weighted by molar-refractivity contribution is 9.09. The molecule has 0 bridgehead atoms. The zero-order valence-electron chi connectivity index (χ0n) is 11.1. The van der Waals surface area contributed by atoms with Gasteiger partial charge in [-0.3, -0.25) is 0 Å². The van der Waals surface area contributed by atoms with E-state index in [4.69, 9.17) is 27.9 Å². The van der Waals surface area contributed by atoms with Gasteiger partial charge >= 0.3 is 6.18 Å². The van der Waals surface area contributed by atoms with Crippen LogP contribution in [0.4, 0.5) is 13.2 Å². The minimum absolute atomic E-state index is 0.0451. The molecular weight excluding hydrogens is 396 g/mol. The molecule has 0 fully saturated rings. The second-order valence-corrected chi connectivity index (χ2v) is 6.08. The summed E-state index contributed by atoms with van der Waals surface area (Å²) in [6.07, 6.45) is -3.98. The molecule has 0 saturated heterocycles. The summed E-state index contributed by atoms with van der Waals surface area (Å²) in [6, 6.07) is 3.23. The number of benzene rings is 1. The first-order valence-electron chi connectivity index (χ1n) is 6.15. The maximum absolute atomic E-state index is 11.9. The predicted octanol–water partition coefficient (Wildman–Crippen LogP) is 5.80. The smallest absolute Gasteiger partial charge is 0.411 e. The van der Waals surface area contributed by atoms with E-state index < -0.39 is 12.8 Å². The Hall–Kier alpha value is -0.170. The predicted molar refractivity (Wildman–Crippen MR) is 80.8 cm³/mol. The fraction of sp³-hybridized carbons (Fsp3) is 0.538. The molecule has 8 heteroatoms. The van der Waals surface area contributed by atoms with Crippen LogP contribution in [0, 0.1) is 0 Å². The van der Waals surface area contributed by atoms with E-state index in [1.807, 2.05) is 6.92 Å². The Morgan fingerprint density at radius 2 is 1.90 bits per heavy atom. The molecule has 0 saturated carbocycles. The number of halogens is 6. The summed E-state index contributed by atoms with van der Waals surface area (Å²) in [5, 5.41) is 0.831. The minimum Gasteiger partial charge on any atom is -0.492 e.